The zero-order valence-electron chi connectivity index (χ0n) is 18.5. The van der Waals surface area contributed by atoms with Crippen LogP contribution in [0.4, 0.5) is 23.2 Å². The van der Waals surface area contributed by atoms with Crippen molar-refractivity contribution >= 4 is 22.5 Å². The van der Waals surface area contributed by atoms with Crippen LogP contribution in [0.25, 0.3) is 10.9 Å². The highest BCUT2D eigenvalue weighted by atomic mass is 19.4. The van der Waals surface area contributed by atoms with Gasteiger partial charge in [0.25, 0.3) is 0 Å². The average Bonchev–Trinajstić information content (AvgIpc) is 2.82. The number of amides is 1. The molecule has 1 aliphatic rings. The molecule has 1 amide bonds. The Labute approximate surface area is 194 Å². The van der Waals surface area contributed by atoms with Gasteiger partial charge in [0.1, 0.15) is 5.82 Å². The van der Waals surface area contributed by atoms with Crippen molar-refractivity contribution < 1.29 is 22.4 Å². The maximum absolute atomic E-state index is 13.8. The van der Waals surface area contributed by atoms with E-state index in [2.05, 4.69) is 10.3 Å². The third-order valence-corrected chi connectivity index (χ3v) is 6.78. The number of aromatic nitrogens is 1. The first-order valence-corrected chi connectivity index (χ1v) is 11.1. The van der Waals surface area contributed by atoms with Crippen molar-refractivity contribution in [3.63, 3.8) is 0 Å². The molecule has 0 radical (unpaired) electrons. The molecule has 0 spiro atoms. The second-order valence-electron chi connectivity index (χ2n) is 8.82. The summed E-state index contributed by atoms with van der Waals surface area (Å²) >= 11 is 0. The maximum Gasteiger partial charge on any atom is 0.417 e. The fourth-order valence-corrected chi connectivity index (χ4v) is 4.86. The van der Waals surface area contributed by atoms with Crippen molar-refractivity contribution in [2.75, 3.05) is 5.32 Å². The number of carbonyl (C=O) groups excluding carboxylic acids is 1. The van der Waals surface area contributed by atoms with Gasteiger partial charge in [-0.15, -0.1) is 0 Å². The van der Waals surface area contributed by atoms with Crippen LogP contribution in [-0.2, 0) is 11.0 Å². The molecule has 8 heteroatoms. The summed E-state index contributed by atoms with van der Waals surface area (Å²) in [4.78, 5) is 17.1. The summed E-state index contributed by atoms with van der Waals surface area (Å²) < 4.78 is 52.8. The number of hydrogen-bond acceptors (Lipinski definition) is 3. The third kappa shape index (κ3) is 4.89. The minimum atomic E-state index is -4.63. The first-order valence-electron chi connectivity index (χ1n) is 11.1. The fraction of sp³-hybridized carbons (Fsp3) is 0.346. The standard InChI is InChI=1S/C26H23F4N3O/c1-15(25(34)33-20-7-8-23(26(28,29)30)18(12-20)14-31)16-2-4-17(5-3-16)21-10-11-32-24-9-6-19(27)13-22(21)24/h6-13,15-17H,2-5H2,1H3,(H,33,34)/t15-,16?,17?/m1/s1. The van der Waals surface area contributed by atoms with E-state index in [0.717, 1.165) is 54.3 Å². The molecule has 4 nitrogen and oxygen atoms in total. The van der Waals surface area contributed by atoms with Crippen LogP contribution in [0.1, 0.15) is 55.2 Å². The number of nitriles is 1. The van der Waals surface area contributed by atoms with Gasteiger partial charge >= 0.3 is 6.18 Å². The molecule has 3 aromatic rings. The minimum Gasteiger partial charge on any atom is -0.326 e. The lowest BCUT2D eigenvalue weighted by Gasteiger charge is -2.32. The lowest BCUT2D eigenvalue weighted by Crippen LogP contribution is -2.29. The number of alkyl halides is 3. The Morgan fingerprint density at radius 1 is 1.12 bits per heavy atom. The van der Waals surface area contributed by atoms with Crippen molar-refractivity contribution in [1.82, 2.24) is 4.98 Å². The van der Waals surface area contributed by atoms with Crippen LogP contribution in [-0.4, -0.2) is 10.9 Å². The van der Waals surface area contributed by atoms with E-state index in [1.807, 2.05) is 13.0 Å². The molecule has 0 aliphatic heterocycles. The number of pyridine rings is 1. The summed E-state index contributed by atoms with van der Waals surface area (Å²) in [5, 5.41) is 12.5. The van der Waals surface area contributed by atoms with Gasteiger partial charge in [0.15, 0.2) is 0 Å². The van der Waals surface area contributed by atoms with E-state index >= 15 is 0 Å². The minimum absolute atomic E-state index is 0.117. The van der Waals surface area contributed by atoms with Gasteiger partial charge in [-0.3, -0.25) is 9.78 Å². The Morgan fingerprint density at radius 2 is 1.85 bits per heavy atom. The number of carbonyl (C=O) groups is 1. The Hall–Kier alpha value is -3.47. The lowest BCUT2D eigenvalue weighted by atomic mass is 9.73. The van der Waals surface area contributed by atoms with Gasteiger partial charge in [-0.1, -0.05) is 6.92 Å². The van der Waals surface area contributed by atoms with Gasteiger partial charge in [0, 0.05) is 23.2 Å². The van der Waals surface area contributed by atoms with E-state index in [9.17, 15) is 22.4 Å². The SMILES string of the molecule is C[C@@H](C(=O)Nc1ccc(C(F)(F)F)c(C#N)c1)C1CCC(c2ccnc3ccc(F)cc23)CC1. The molecule has 176 valence electrons. The number of halogens is 4. The van der Waals surface area contributed by atoms with Crippen molar-refractivity contribution in [3.8, 4) is 6.07 Å². The molecule has 1 N–H and O–H groups in total. The quantitative estimate of drug-likeness (QED) is 0.427. The van der Waals surface area contributed by atoms with Crippen LogP contribution in [0, 0.1) is 29.0 Å². The normalized spacial score (nSPS) is 19.4. The van der Waals surface area contributed by atoms with Crippen molar-refractivity contribution in [2.45, 2.75) is 44.7 Å². The molecule has 2 aromatic carbocycles. The number of anilines is 1. The molecule has 1 fully saturated rings. The van der Waals surface area contributed by atoms with Gasteiger partial charge in [0.05, 0.1) is 22.7 Å². The van der Waals surface area contributed by atoms with E-state index in [4.69, 9.17) is 5.26 Å². The predicted octanol–water partition coefficient (Wildman–Crippen LogP) is 6.81. The molecule has 1 atom stereocenters. The molecule has 0 saturated heterocycles. The lowest BCUT2D eigenvalue weighted by molar-refractivity contribution is -0.137. The van der Waals surface area contributed by atoms with Crippen LogP contribution < -0.4 is 5.32 Å². The van der Waals surface area contributed by atoms with Gasteiger partial charge in [0.2, 0.25) is 5.91 Å². The Morgan fingerprint density at radius 3 is 2.53 bits per heavy atom. The highest BCUT2D eigenvalue weighted by Gasteiger charge is 2.34. The molecule has 1 heterocycles. The Bertz CT molecular complexity index is 1260. The predicted molar refractivity (Wildman–Crippen MR) is 120 cm³/mol. The molecule has 1 aromatic heterocycles. The van der Waals surface area contributed by atoms with Crippen LogP contribution in [0.2, 0.25) is 0 Å². The summed E-state index contributed by atoms with van der Waals surface area (Å²) in [6, 6.07) is 11.1. The average molecular weight is 469 g/mol. The second kappa shape index (κ2) is 9.41. The third-order valence-electron chi connectivity index (χ3n) is 6.78. The van der Waals surface area contributed by atoms with Crippen LogP contribution in [0.15, 0.2) is 48.7 Å². The molecule has 0 unspecified atom stereocenters. The van der Waals surface area contributed by atoms with Gasteiger partial charge in [-0.25, -0.2) is 4.39 Å². The van der Waals surface area contributed by atoms with Crippen molar-refractivity contribution in [2.24, 2.45) is 11.8 Å². The summed E-state index contributed by atoms with van der Waals surface area (Å²) in [5.74, 6) is -0.578. The van der Waals surface area contributed by atoms with Gasteiger partial charge < -0.3 is 5.32 Å². The highest BCUT2D eigenvalue weighted by Crippen LogP contribution is 2.41. The molecular formula is C26H23F4N3O. The molecule has 4 rings (SSSR count). The van der Waals surface area contributed by atoms with Crippen LogP contribution in [0.3, 0.4) is 0 Å². The number of benzene rings is 2. The highest BCUT2D eigenvalue weighted by molar-refractivity contribution is 5.92. The number of fused-ring (bicyclic) bond motifs is 1. The molecular weight excluding hydrogens is 446 g/mol. The number of hydrogen-bond donors (Lipinski definition) is 1. The Balaban J connectivity index is 1.41. The summed E-state index contributed by atoms with van der Waals surface area (Å²) in [7, 11) is 0. The largest absolute Gasteiger partial charge is 0.417 e. The second-order valence-corrected chi connectivity index (χ2v) is 8.82. The smallest absolute Gasteiger partial charge is 0.326 e. The van der Waals surface area contributed by atoms with E-state index in [0.29, 0.717) is 0 Å². The molecule has 0 bridgehead atoms. The van der Waals surface area contributed by atoms with Crippen LogP contribution in [0.5, 0.6) is 0 Å². The molecule has 34 heavy (non-hydrogen) atoms. The number of nitrogens with zero attached hydrogens (tertiary/aromatic N) is 2. The van der Waals surface area contributed by atoms with E-state index in [-0.39, 0.29) is 35.2 Å². The van der Waals surface area contributed by atoms with Gasteiger partial charge in [-0.05, 0) is 85.5 Å². The topological polar surface area (TPSA) is 65.8 Å². The van der Waals surface area contributed by atoms with Crippen LogP contribution >= 0.6 is 0 Å². The zero-order chi connectivity index (χ0) is 24.5. The maximum atomic E-state index is 13.8. The summed E-state index contributed by atoms with van der Waals surface area (Å²) in [6.07, 6.45) is 0.389. The monoisotopic (exact) mass is 469 g/mol. The van der Waals surface area contributed by atoms with E-state index < -0.39 is 17.3 Å². The Kier molecular flexibility index (Phi) is 6.56. The van der Waals surface area contributed by atoms with Crippen molar-refractivity contribution in [3.05, 3.63) is 71.2 Å². The fourth-order valence-electron chi connectivity index (χ4n) is 4.86. The summed E-state index contributed by atoms with van der Waals surface area (Å²) in [5.41, 5.74) is 0.429. The molecule has 1 saturated carbocycles. The van der Waals surface area contributed by atoms with E-state index in [1.165, 1.54) is 18.2 Å². The number of rotatable bonds is 4. The zero-order valence-corrected chi connectivity index (χ0v) is 18.5. The van der Waals surface area contributed by atoms with Crippen molar-refractivity contribution in [1.29, 1.82) is 5.26 Å². The molecule has 1 aliphatic carbocycles. The number of nitrogens with one attached hydrogen (secondary N) is 1. The first kappa shape index (κ1) is 23.7. The first-order chi connectivity index (χ1) is 16.2. The van der Waals surface area contributed by atoms with E-state index in [1.54, 1.807) is 18.3 Å². The summed E-state index contributed by atoms with van der Waals surface area (Å²) in [6.45, 7) is 1.81. The van der Waals surface area contributed by atoms with Gasteiger partial charge in [-0.2, -0.15) is 18.4 Å².